The van der Waals surface area contributed by atoms with Crippen molar-refractivity contribution in [3.05, 3.63) is 0 Å². The number of rotatable bonds is 7. The van der Waals surface area contributed by atoms with Crippen LogP contribution < -0.4 is 0 Å². The van der Waals surface area contributed by atoms with E-state index in [1.165, 1.54) is 0 Å². The van der Waals surface area contributed by atoms with Crippen LogP contribution in [0.5, 0.6) is 0 Å². The Morgan fingerprint density at radius 3 is 2.82 bits per heavy atom. The van der Waals surface area contributed by atoms with Gasteiger partial charge >= 0.3 is 0 Å². The molecule has 1 N–H and O–H groups in total. The number of aliphatic hydroxyl groups excluding tert-OH is 1. The summed E-state index contributed by atoms with van der Waals surface area (Å²) in [5.41, 5.74) is 0. The maximum absolute atomic E-state index is 8.40. The van der Waals surface area contributed by atoms with E-state index < -0.39 is 0 Å². The van der Waals surface area contributed by atoms with Crippen LogP contribution in [0.25, 0.3) is 0 Å². The van der Waals surface area contributed by atoms with Crippen molar-refractivity contribution in [1.82, 2.24) is 0 Å². The average Bonchev–Trinajstić information content (AvgIpc) is 1.99. The molecular formula is C7H16O2S2. The maximum atomic E-state index is 8.40. The Labute approximate surface area is 77.1 Å². The Hall–Kier alpha value is 0.620. The van der Waals surface area contributed by atoms with E-state index in [0.717, 1.165) is 5.75 Å². The van der Waals surface area contributed by atoms with Gasteiger partial charge in [0.25, 0.3) is 0 Å². The number of hydrogen-bond acceptors (Lipinski definition) is 4. The fourth-order valence-corrected chi connectivity index (χ4v) is 2.28. The summed E-state index contributed by atoms with van der Waals surface area (Å²) in [5.74, 6) is 1.86. The van der Waals surface area contributed by atoms with Gasteiger partial charge in [-0.3, -0.25) is 0 Å². The monoisotopic (exact) mass is 196 g/mol. The molecule has 1 atom stereocenters. The third kappa shape index (κ3) is 8.53. The third-order valence-electron chi connectivity index (χ3n) is 1.07. The molecule has 0 bridgehead atoms. The van der Waals surface area contributed by atoms with Crippen LogP contribution in [0.3, 0.4) is 0 Å². The lowest BCUT2D eigenvalue weighted by Crippen LogP contribution is -2.04. The van der Waals surface area contributed by atoms with Gasteiger partial charge < -0.3 is 9.84 Å². The van der Waals surface area contributed by atoms with Crippen LogP contribution in [0, 0.1) is 0 Å². The first-order chi connectivity index (χ1) is 5.31. The van der Waals surface area contributed by atoms with Crippen molar-refractivity contribution < 1.29 is 9.84 Å². The Kier molecular flexibility index (Phi) is 9.21. The molecule has 0 heterocycles. The standard InChI is InChI=1S/C7H16O2S2/c1-7(5-10-2)11-6-9-4-3-8/h7-8H,3-6H2,1-2H3. The Morgan fingerprint density at radius 2 is 2.27 bits per heavy atom. The van der Waals surface area contributed by atoms with Crippen molar-refractivity contribution in [3.8, 4) is 0 Å². The van der Waals surface area contributed by atoms with E-state index in [1.54, 1.807) is 11.8 Å². The summed E-state index contributed by atoms with van der Waals surface area (Å²) in [6, 6.07) is 0. The molecule has 0 aromatic rings. The molecule has 0 spiro atoms. The van der Waals surface area contributed by atoms with Gasteiger partial charge in [-0.1, -0.05) is 6.92 Å². The fraction of sp³-hybridized carbons (Fsp3) is 1.00. The zero-order valence-electron chi connectivity index (χ0n) is 7.08. The van der Waals surface area contributed by atoms with Crippen molar-refractivity contribution in [2.24, 2.45) is 0 Å². The Bertz CT molecular complexity index is 80.8. The summed E-state index contributed by atoms with van der Waals surface area (Å²) in [6.07, 6.45) is 2.10. The average molecular weight is 196 g/mol. The van der Waals surface area contributed by atoms with Crippen LogP contribution >= 0.6 is 23.5 Å². The molecule has 0 saturated heterocycles. The highest BCUT2D eigenvalue weighted by atomic mass is 32.2. The molecule has 0 aromatic carbocycles. The van der Waals surface area contributed by atoms with Gasteiger partial charge in [0.15, 0.2) is 0 Å². The van der Waals surface area contributed by atoms with Gasteiger partial charge in [0.1, 0.15) is 0 Å². The van der Waals surface area contributed by atoms with Gasteiger partial charge in [0.2, 0.25) is 0 Å². The van der Waals surface area contributed by atoms with E-state index in [0.29, 0.717) is 17.8 Å². The van der Waals surface area contributed by atoms with Crippen molar-refractivity contribution >= 4 is 23.5 Å². The Morgan fingerprint density at radius 1 is 1.55 bits per heavy atom. The predicted octanol–water partition coefficient (Wildman–Crippen LogP) is 1.44. The molecule has 0 saturated carbocycles. The first-order valence-electron chi connectivity index (χ1n) is 3.60. The second-order valence-corrected chi connectivity index (χ2v) is 4.47. The molecule has 0 radical (unpaired) electrons. The second kappa shape index (κ2) is 8.71. The van der Waals surface area contributed by atoms with Crippen LogP contribution in [0.15, 0.2) is 0 Å². The zero-order valence-corrected chi connectivity index (χ0v) is 8.71. The SMILES string of the molecule is CSCC(C)SCOCCO. The van der Waals surface area contributed by atoms with E-state index in [4.69, 9.17) is 9.84 Å². The highest BCUT2D eigenvalue weighted by molar-refractivity contribution is 8.02. The van der Waals surface area contributed by atoms with Gasteiger partial charge in [-0.05, 0) is 6.26 Å². The van der Waals surface area contributed by atoms with Crippen LogP contribution in [0.2, 0.25) is 0 Å². The van der Waals surface area contributed by atoms with Crippen molar-refractivity contribution in [2.75, 3.05) is 31.2 Å². The van der Waals surface area contributed by atoms with Crippen LogP contribution in [0.1, 0.15) is 6.92 Å². The largest absolute Gasteiger partial charge is 0.394 e. The second-order valence-electron chi connectivity index (χ2n) is 2.18. The molecular weight excluding hydrogens is 180 g/mol. The predicted molar refractivity (Wildman–Crippen MR) is 53.3 cm³/mol. The maximum Gasteiger partial charge on any atom is 0.0924 e. The summed E-state index contributed by atoms with van der Waals surface area (Å²) in [6.45, 7) is 2.76. The molecule has 0 aliphatic carbocycles. The first-order valence-corrected chi connectivity index (χ1v) is 6.04. The van der Waals surface area contributed by atoms with Gasteiger partial charge in [0, 0.05) is 11.0 Å². The lowest BCUT2D eigenvalue weighted by molar-refractivity contribution is 0.125. The molecule has 2 nitrogen and oxygen atoms in total. The summed E-state index contributed by atoms with van der Waals surface area (Å²) in [4.78, 5) is 0. The normalized spacial score (nSPS) is 13.4. The summed E-state index contributed by atoms with van der Waals surface area (Å²) >= 11 is 3.63. The molecule has 11 heavy (non-hydrogen) atoms. The molecule has 0 fully saturated rings. The van der Waals surface area contributed by atoms with E-state index in [9.17, 15) is 0 Å². The number of ether oxygens (including phenoxy) is 1. The van der Waals surface area contributed by atoms with Crippen molar-refractivity contribution in [1.29, 1.82) is 0 Å². The molecule has 1 unspecified atom stereocenters. The molecule has 0 rings (SSSR count). The van der Waals surface area contributed by atoms with Crippen LogP contribution in [-0.4, -0.2) is 41.5 Å². The smallest absolute Gasteiger partial charge is 0.0924 e. The van der Waals surface area contributed by atoms with E-state index >= 15 is 0 Å². The first kappa shape index (κ1) is 11.6. The van der Waals surface area contributed by atoms with E-state index in [1.807, 2.05) is 11.8 Å². The number of thioether (sulfide) groups is 2. The molecule has 0 aliphatic heterocycles. The van der Waals surface area contributed by atoms with Gasteiger partial charge in [-0.2, -0.15) is 11.8 Å². The van der Waals surface area contributed by atoms with E-state index in [-0.39, 0.29) is 6.61 Å². The summed E-state index contributed by atoms with van der Waals surface area (Å²) < 4.78 is 5.10. The van der Waals surface area contributed by atoms with Crippen LogP contribution in [0.4, 0.5) is 0 Å². The highest BCUT2D eigenvalue weighted by Crippen LogP contribution is 2.13. The zero-order chi connectivity index (χ0) is 8.53. The minimum Gasteiger partial charge on any atom is -0.394 e. The summed E-state index contributed by atoms with van der Waals surface area (Å²) in [7, 11) is 0. The fourth-order valence-electron chi connectivity index (χ4n) is 0.571. The highest BCUT2D eigenvalue weighted by Gasteiger charge is 1.99. The minimum atomic E-state index is 0.122. The van der Waals surface area contributed by atoms with Crippen molar-refractivity contribution in [2.45, 2.75) is 12.2 Å². The Balaban J connectivity index is 2.97. The lowest BCUT2D eigenvalue weighted by atomic mass is 10.6. The lowest BCUT2D eigenvalue weighted by Gasteiger charge is -2.08. The third-order valence-corrected chi connectivity index (χ3v) is 3.16. The number of hydrogen-bond donors (Lipinski definition) is 1. The topological polar surface area (TPSA) is 29.5 Å². The molecule has 0 aliphatic rings. The van der Waals surface area contributed by atoms with Crippen molar-refractivity contribution in [3.63, 3.8) is 0 Å². The van der Waals surface area contributed by atoms with Gasteiger partial charge in [0.05, 0.1) is 19.2 Å². The minimum absolute atomic E-state index is 0.122. The van der Waals surface area contributed by atoms with Crippen LogP contribution in [-0.2, 0) is 4.74 Å². The molecule has 0 aromatic heterocycles. The quantitative estimate of drug-likeness (QED) is 0.493. The molecule has 68 valence electrons. The molecule has 0 amide bonds. The van der Waals surface area contributed by atoms with E-state index in [2.05, 4.69) is 13.2 Å². The van der Waals surface area contributed by atoms with Gasteiger partial charge in [-0.15, -0.1) is 11.8 Å². The van der Waals surface area contributed by atoms with Gasteiger partial charge in [-0.25, -0.2) is 0 Å². The number of aliphatic hydroxyl groups is 1. The summed E-state index contributed by atoms with van der Waals surface area (Å²) in [5, 5.41) is 9.04. The molecule has 4 heteroatoms.